The SMILES string of the molecule is CCCn1c(O)c(C=Nc2ccc([N+](=O)[O-])c(C(F)(F)F)c2)c(C)c(C#N)c1=O. The maximum absolute atomic E-state index is 13.1. The first kappa shape index (κ1) is 21.6. The Morgan fingerprint density at radius 2 is 2.07 bits per heavy atom. The number of pyridine rings is 1. The van der Waals surface area contributed by atoms with E-state index < -0.39 is 33.8 Å². The molecule has 0 aliphatic rings. The Kier molecular flexibility index (Phi) is 6.06. The van der Waals surface area contributed by atoms with Gasteiger partial charge in [0.15, 0.2) is 0 Å². The van der Waals surface area contributed by atoms with E-state index in [2.05, 4.69) is 4.99 Å². The normalized spacial score (nSPS) is 11.6. The predicted molar refractivity (Wildman–Crippen MR) is 97.5 cm³/mol. The first-order valence-corrected chi connectivity index (χ1v) is 8.29. The number of nitriles is 1. The number of hydrogen-bond donors (Lipinski definition) is 1. The second-order valence-corrected chi connectivity index (χ2v) is 6.02. The van der Waals surface area contributed by atoms with Crippen LogP contribution in [0.2, 0.25) is 0 Å². The van der Waals surface area contributed by atoms with Gasteiger partial charge in [0.2, 0.25) is 5.88 Å². The predicted octanol–water partition coefficient (Wildman–Crippen LogP) is 3.82. The third kappa shape index (κ3) is 4.26. The molecule has 0 spiro atoms. The molecule has 2 aromatic rings. The number of nitro groups is 1. The number of aliphatic imine (C=N–C) groups is 1. The highest BCUT2D eigenvalue weighted by molar-refractivity contribution is 5.87. The van der Waals surface area contributed by atoms with Crippen molar-refractivity contribution in [2.24, 2.45) is 4.99 Å². The summed E-state index contributed by atoms with van der Waals surface area (Å²) in [4.78, 5) is 25.8. The van der Waals surface area contributed by atoms with Gasteiger partial charge in [-0.3, -0.25) is 24.5 Å². The third-order valence-corrected chi connectivity index (χ3v) is 4.12. The van der Waals surface area contributed by atoms with Crippen LogP contribution in [0.5, 0.6) is 5.88 Å². The first-order chi connectivity index (χ1) is 13.5. The Morgan fingerprint density at radius 3 is 2.59 bits per heavy atom. The van der Waals surface area contributed by atoms with Crippen molar-refractivity contribution in [1.82, 2.24) is 4.57 Å². The molecule has 1 aromatic heterocycles. The molecule has 0 amide bonds. The monoisotopic (exact) mass is 408 g/mol. The van der Waals surface area contributed by atoms with Crippen LogP contribution in [0.25, 0.3) is 0 Å². The van der Waals surface area contributed by atoms with Crippen molar-refractivity contribution in [3.05, 3.63) is 60.9 Å². The van der Waals surface area contributed by atoms with Crippen LogP contribution in [-0.2, 0) is 12.7 Å². The summed E-state index contributed by atoms with van der Waals surface area (Å²) in [7, 11) is 0. The van der Waals surface area contributed by atoms with Gasteiger partial charge >= 0.3 is 6.18 Å². The fourth-order valence-corrected chi connectivity index (χ4v) is 2.69. The Hall–Kier alpha value is -3.68. The molecule has 1 aromatic carbocycles. The summed E-state index contributed by atoms with van der Waals surface area (Å²) in [5.41, 5.74) is -3.64. The standard InChI is InChI=1S/C18H15F3N4O4/c1-3-6-24-16(26)12(8-22)10(2)13(17(24)27)9-23-11-4-5-15(25(28)29)14(7-11)18(19,20)21/h4-5,7,9,27H,3,6H2,1-2H3. The van der Waals surface area contributed by atoms with Gasteiger partial charge in [-0.15, -0.1) is 0 Å². The van der Waals surface area contributed by atoms with Crippen LogP contribution in [0.15, 0.2) is 28.0 Å². The van der Waals surface area contributed by atoms with E-state index in [4.69, 9.17) is 0 Å². The van der Waals surface area contributed by atoms with Crippen molar-refractivity contribution in [2.75, 3.05) is 0 Å². The van der Waals surface area contributed by atoms with Crippen LogP contribution in [0.3, 0.4) is 0 Å². The molecule has 0 radical (unpaired) electrons. The zero-order valence-electron chi connectivity index (χ0n) is 15.3. The maximum Gasteiger partial charge on any atom is 0.423 e. The number of rotatable bonds is 5. The molecule has 0 saturated heterocycles. The Labute approximate surface area is 162 Å². The third-order valence-electron chi connectivity index (χ3n) is 4.12. The molecule has 152 valence electrons. The van der Waals surface area contributed by atoms with Gasteiger partial charge in [-0.05, 0) is 31.0 Å². The zero-order chi connectivity index (χ0) is 21.9. The first-order valence-electron chi connectivity index (χ1n) is 8.29. The molecule has 1 N–H and O–H groups in total. The van der Waals surface area contributed by atoms with Gasteiger partial charge in [0, 0.05) is 18.8 Å². The molecule has 11 heteroatoms. The van der Waals surface area contributed by atoms with Gasteiger partial charge in [-0.25, -0.2) is 0 Å². The van der Waals surface area contributed by atoms with Crippen LogP contribution >= 0.6 is 0 Å². The van der Waals surface area contributed by atoms with Crippen molar-refractivity contribution >= 4 is 17.6 Å². The minimum Gasteiger partial charge on any atom is -0.494 e. The number of alkyl halides is 3. The van der Waals surface area contributed by atoms with Crippen molar-refractivity contribution < 1.29 is 23.2 Å². The average molecular weight is 408 g/mol. The van der Waals surface area contributed by atoms with E-state index >= 15 is 0 Å². The Morgan fingerprint density at radius 1 is 1.41 bits per heavy atom. The smallest absolute Gasteiger partial charge is 0.423 e. The summed E-state index contributed by atoms with van der Waals surface area (Å²) < 4.78 is 40.2. The van der Waals surface area contributed by atoms with Crippen LogP contribution in [0, 0.1) is 28.4 Å². The van der Waals surface area contributed by atoms with E-state index in [1.807, 2.05) is 0 Å². The number of nitrogens with zero attached hydrogens (tertiary/aromatic N) is 4. The lowest BCUT2D eigenvalue weighted by Gasteiger charge is -2.13. The van der Waals surface area contributed by atoms with Crippen molar-refractivity contribution in [1.29, 1.82) is 5.26 Å². The second-order valence-electron chi connectivity index (χ2n) is 6.02. The maximum atomic E-state index is 13.1. The quantitative estimate of drug-likeness (QED) is 0.458. The molecule has 8 nitrogen and oxygen atoms in total. The number of aromatic nitrogens is 1. The largest absolute Gasteiger partial charge is 0.494 e. The molecular weight excluding hydrogens is 393 g/mol. The highest BCUT2D eigenvalue weighted by Crippen LogP contribution is 2.38. The lowest BCUT2D eigenvalue weighted by molar-refractivity contribution is -0.388. The number of aromatic hydroxyl groups is 1. The average Bonchev–Trinajstić information content (AvgIpc) is 2.64. The fourth-order valence-electron chi connectivity index (χ4n) is 2.69. The molecule has 0 aliphatic carbocycles. The van der Waals surface area contributed by atoms with Crippen LogP contribution < -0.4 is 5.56 Å². The fraction of sp³-hybridized carbons (Fsp3) is 0.278. The molecule has 0 aliphatic heterocycles. The zero-order valence-corrected chi connectivity index (χ0v) is 15.3. The Balaban J connectivity index is 2.63. The number of halogens is 3. The van der Waals surface area contributed by atoms with E-state index in [-0.39, 0.29) is 28.9 Å². The molecule has 2 rings (SSSR count). The van der Waals surface area contributed by atoms with Gasteiger partial charge in [0.05, 0.1) is 16.2 Å². The minimum absolute atomic E-state index is 0.0125. The lowest BCUT2D eigenvalue weighted by atomic mass is 10.1. The van der Waals surface area contributed by atoms with Gasteiger partial charge in [0.25, 0.3) is 11.2 Å². The highest BCUT2D eigenvalue weighted by Gasteiger charge is 2.38. The Bertz CT molecular complexity index is 1100. The van der Waals surface area contributed by atoms with E-state index in [1.165, 1.54) is 6.92 Å². The second kappa shape index (κ2) is 8.14. The summed E-state index contributed by atoms with van der Waals surface area (Å²) in [6, 6.07) is 3.95. The van der Waals surface area contributed by atoms with Crippen LogP contribution in [0.1, 0.15) is 35.6 Å². The van der Waals surface area contributed by atoms with Crippen molar-refractivity contribution in [3.8, 4) is 11.9 Å². The molecule has 29 heavy (non-hydrogen) atoms. The van der Waals surface area contributed by atoms with Crippen LogP contribution in [0.4, 0.5) is 24.5 Å². The van der Waals surface area contributed by atoms with Gasteiger partial charge in [0.1, 0.15) is 17.2 Å². The molecule has 1 heterocycles. The summed E-state index contributed by atoms with van der Waals surface area (Å²) in [6.07, 6.45) is -3.47. The van der Waals surface area contributed by atoms with E-state index in [1.54, 1.807) is 13.0 Å². The van der Waals surface area contributed by atoms with Gasteiger partial charge in [-0.1, -0.05) is 6.92 Å². The summed E-state index contributed by atoms with van der Waals surface area (Å²) >= 11 is 0. The molecule has 0 saturated carbocycles. The van der Waals surface area contributed by atoms with Gasteiger partial charge in [-0.2, -0.15) is 18.4 Å². The van der Waals surface area contributed by atoms with Gasteiger partial charge < -0.3 is 5.11 Å². The molecule has 0 fully saturated rings. The number of nitro benzene ring substituents is 1. The summed E-state index contributed by atoms with van der Waals surface area (Å²) in [6.45, 7) is 3.27. The van der Waals surface area contributed by atoms with Crippen molar-refractivity contribution in [3.63, 3.8) is 0 Å². The van der Waals surface area contributed by atoms with Crippen LogP contribution in [-0.4, -0.2) is 20.8 Å². The molecule has 0 bridgehead atoms. The molecular formula is C18H15F3N4O4. The summed E-state index contributed by atoms with van der Waals surface area (Å²) in [5, 5.41) is 30.4. The molecule has 0 atom stereocenters. The molecule has 0 unspecified atom stereocenters. The lowest BCUT2D eigenvalue weighted by Crippen LogP contribution is -2.25. The van der Waals surface area contributed by atoms with Crippen molar-refractivity contribution in [2.45, 2.75) is 33.0 Å². The van der Waals surface area contributed by atoms with E-state index in [9.17, 15) is 38.4 Å². The highest BCUT2D eigenvalue weighted by atomic mass is 19.4. The van der Waals surface area contributed by atoms with E-state index in [0.29, 0.717) is 18.6 Å². The van der Waals surface area contributed by atoms with E-state index in [0.717, 1.165) is 16.8 Å². The number of hydrogen-bond acceptors (Lipinski definition) is 6. The minimum atomic E-state index is -4.96. The summed E-state index contributed by atoms with van der Waals surface area (Å²) in [5.74, 6) is -0.477. The number of benzene rings is 1. The topological polar surface area (TPSA) is 122 Å².